The molecule has 1 aromatic heterocycles. The summed E-state index contributed by atoms with van der Waals surface area (Å²) >= 11 is 6.02. The van der Waals surface area contributed by atoms with Crippen molar-refractivity contribution in [3.05, 3.63) is 58.8 Å². The highest BCUT2D eigenvalue weighted by Gasteiger charge is 2.24. The van der Waals surface area contributed by atoms with Crippen LogP contribution in [0.3, 0.4) is 0 Å². The Morgan fingerprint density at radius 3 is 2.48 bits per heavy atom. The molecule has 2 aromatic carbocycles. The van der Waals surface area contributed by atoms with Gasteiger partial charge in [0.1, 0.15) is 5.58 Å². The zero-order valence-electron chi connectivity index (χ0n) is 16.5. The average Bonchev–Trinajstić information content (AvgIpc) is 3.17. The van der Waals surface area contributed by atoms with Crippen molar-refractivity contribution in [2.45, 2.75) is 6.54 Å². The second kappa shape index (κ2) is 8.35. The summed E-state index contributed by atoms with van der Waals surface area (Å²) in [5, 5.41) is 1.47. The fourth-order valence-corrected chi connectivity index (χ4v) is 3.80. The Hall–Kier alpha value is -2.70. The van der Waals surface area contributed by atoms with Crippen molar-refractivity contribution in [1.29, 1.82) is 0 Å². The van der Waals surface area contributed by atoms with Crippen LogP contribution in [0.5, 0.6) is 11.5 Å². The van der Waals surface area contributed by atoms with Crippen LogP contribution in [0, 0.1) is 0 Å². The summed E-state index contributed by atoms with van der Waals surface area (Å²) < 4.78 is 16.4. The molecule has 152 valence electrons. The first-order valence-corrected chi connectivity index (χ1v) is 9.87. The number of piperazine rings is 1. The average molecular weight is 415 g/mol. The molecule has 1 saturated heterocycles. The molecule has 1 amide bonds. The SMILES string of the molecule is COc1ccc(CN2CCN(C(=O)c3cc4cc(Cl)ccc4o3)CC2)cc1OC. The van der Waals surface area contributed by atoms with Gasteiger partial charge in [-0.15, -0.1) is 0 Å². The molecule has 0 aliphatic carbocycles. The number of furan rings is 1. The number of carbonyl (C=O) groups excluding carboxylic acids is 1. The maximum absolute atomic E-state index is 12.8. The van der Waals surface area contributed by atoms with E-state index in [-0.39, 0.29) is 5.91 Å². The van der Waals surface area contributed by atoms with Crippen LogP contribution in [0.1, 0.15) is 16.1 Å². The fraction of sp³-hybridized carbons (Fsp3) is 0.318. The number of carbonyl (C=O) groups is 1. The van der Waals surface area contributed by atoms with Crippen molar-refractivity contribution in [2.75, 3.05) is 40.4 Å². The van der Waals surface area contributed by atoms with Crippen LogP contribution < -0.4 is 9.47 Å². The Labute approximate surface area is 174 Å². The minimum atomic E-state index is -0.0805. The Morgan fingerprint density at radius 2 is 1.76 bits per heavy atom. The highest BCUT2D eigenvalue weighted by atomic mass is 35.5. The highest BCUT2D eigenvalue weighted by molar-refractivity contribution is 6.31. The van der Waals surface area contributed by atoms with Gasteiger partial charge in [0.05, 0.1) is 14.2 Å². The number of benzene rings is 2. The van der Waals surface area contributed by atoms with Crippen molar-refractivity contribution >= 4 is 28.5 Å². The quantitative estimate of drug-likeness (QED) is 0.630. The van der Waals surface area contributed by atoms with Gasteiger partial charge >= 0.3 is 0 Å². The molecule has 1 aliphatic heterocycles. The van der Waals surface area contributed by atoms with Crippen LogP contribution in [0.4, 0.5) is 0 Å². The summed E-state index contributed by atoms with van der Waals surface area (Å²) in [5.41, 5.74) is 1.82. The molecule has 0 bridgehead atoms. The second-order valence-electron chi connectivity index (χ2n) is 7.05. The molecular weight excluding hydrogens is 392 g/mol. The minimum Gasteiger partial charge on any atom is -0.493 e. The van der Waals surface area contributed by atoms with Crippen molar-refractivity contribution < 1.29 is 18.7 Å². The lowest BCUT2D eigenvalue weighted by Gasteiger charge is -2.34. The van der Waals surface area contributed by atoms with E-state index in [4.69, 9.17) is 25.5 Å². The van der Waals surface area contributed by atoms with Gasteiger partial charge in [-0.2, -0.15) is 0 Å². The fourth-order valence-electron chi connectivity index (χ4n) is 3.62. The van der Waals surface area contributed by atoms with Gasteiger partial charge in [0, 0.05) is 43.1 Å². The molecule has 3 aromatic rings. The lowest BCUT2D eigenvalue weighted by atomic mass is 10.1. The zero-order valence-corrected chi connectivity index (χ0v) is 17.2. The highest BCUT2D eigenvalue weighted by Crippen LogP contribution is 2.28. The number of halogens is 1. The van der Waals surface area contributed by atoms with E-state index < -0.39 is 0 Å². The van der Waals surface area contributed by atoms with E-state index in [1.807, 2.05) is 23.1 Å². The Kier molecular flexibility index (Phi) is 5.65. The minimum absolute atomic E-state index is 0.0805. The molecule has 7 heteroatoms. The number of ether oxygens (including phenoxy) is 2. The van der Waals surface area contributed by atoms with Crippen LogP contribution in [0.25, 0.3) is 11.0 Å². The van der Waals surface area contributed by atoms with E-state index in [9.17, 15) is 4.79 Å². The predicted octanol–water partition coefficient (Wildman–Crippen LogP) is 4.06. The van der Waals surface area contributed by atoms with Crippen LogP contribution in [0.15, 0.2) is 46.9 Å². The van der Waals surface area contributed by atoms with Crippen LogP contribution >= 0.6 is 11.6 Å². The molecule has 0 atom stereocenters. The van der Waals surface area contributed by atoms with Crippen LogP contribution in [-0.4, -0.2) is 56.1 Å². The van der Waals surface area contributed by atoms with Crippen molar-refractivity contribution in [1.82, 2.24) is 9.80 Å². The molecule has 2 heterocycles. The van der Waals surface area contributed by atoms with Crippen molar-refractivity contribution in [3.63, 3.8) is 0 Å². The molecule has 4 rings (SSSR count). The van der Waals surface area contributed by atoms with Gasteiger partial charge in [-0.25, -0.2) is 0 Å². The number of fused-ring (bicyclic) bond motifs is 1. The van der Waals surface area contributed by atoms with E-state index >= 15 is 0 Å². The third kappa shape index (κ3) is 4.18. The van der Waals surface area contributed by atoms with Gasteiger partial charge in [0.2, 0.25) is 0 Å². The van der Waals surface area contributed by atoms with Gasteiger partial charge in [-0.3, -0.25) is 9.69 Å². The van der Waals surface area contributed by atoms with Crippen molar-refractivity contribution in [2.24, 2.45) is 0 Å². The molecule has 0 N–H and O–H groups in total. The van der Waals surface area contributed by atoms with E-state index in [1.165, 1.54) is 0 Å². The molecule has 0 saturated carbocycles. The normalized spacial score (nSPS) is 14.9. The molecule has 6 nitrogen and oxygen atoms in total. The predicted molar refractivity (Wildman–Crippen MR) is 112 cm³/mol. The molecule has 0 unspecified atom stereocenters. The number of nitrogens with zero attached hydrogens (tertiary/aromatic N) is 2. The first-order valence-electron chi connectivity index (χ1n) is 9.49. The van der Waals surface area contributed by atoms with E-state index in [2.05, 4.69) is 4.90 Å². The summed E-state index contributed by atoms with van der Waals surface area (Å²) in [6, 6.07) is 13.1. The van der Waals surface area contributed by atoms with Gasteiger partial charge in [0.25, 0.3) is 5.91 Å². The maximum Gasteiger partial charge on any atom is 0.289 e. The molecule has 0 spiro atoms. The molecule has 0 radical (unpaired) electrons. The third-order valence-electron chi connectivity index (χ3n) is 5.20. The first kappa shape index (κ1) is 19.6. The first-order chi connectivity index (χ1) is 14.1. The standard InChI is InChI=1S/C22H23ClN2O4/c1-27-19-5-3-15(11-20(19)28-2)14-24-7-9-25(10-8-24)22(26)21-13-16-12-17(23)4-6-18(16)29-21/h3-6,11-13H,7-10,14H2,1-2H3. The number of methoxy groups -OCH3 is 2. The van der Waals surface area contributed by atoms with E-state index in [1.54, 1.807) is 38.5 Å². The van der Waals surface area contributed by atoms with E-state index in [0.717, 1.165) is 42.1 Å². The van der Waals surface area contributed by atoms with Crippen LogP contribution in [0.2, 0.25) is 5.02 Å². The van der Waals surface area contributed by atoms with Gasteiger partial charge in [-0.05, 0) is 42.0 Å². The molecule has 1 fully saturated rings. The number of amides is 1. The topological polar surface area (TPSA) is 55.2 Å². The Morgan fingerprint density at radius 1 is 1.00 bits per heavy atom. The second-order valence-corrected chi connectivity index (χ2v) is 7.49. The summed E-state index contributed by atoms with van der Waals surface area (Å²) in [6.07, 6.45) is 0. The maximum atomic E-state index is 12.8. The number of rotatable bonds is 5. The smallest absolute Gasteiger partial charge is 0.289 e. The third-order valence-corrected chi connectivity index (χ3v) is 5.44. The number of hydrogen-bond acceptors (Lipinski definition) is 5. The van der Waals surface area contributed by atoms with Crippen molar-refractivity contribution in [3.8, 4) is 11.5 Å². The van der Waals surface area contributed by atoms with E-state index in [0.29, 0.717) is 29.5 Å². The number of hydrogen-bond donors (Lipinski definition) is 0. The monoisotopic (exact) mass is 414 g/mol. The van der Waals surface area contributed by atoms with Gasteiger partial charge in [-0.1, -0.05) is 17.7 Å². The van der Waals surface area contributed by atoms with Gasteiger partial charge in [0.15, 0.2) is 17.3 Å². The largest absolute Gasteiger partial charge is 0.493 e. The molecule has 1 aliphatic rings. The van der Waals surface area contributed by atoms with Crippen LogP contribution in [-0.2, 0) is 6.54 Å². The Balaban J connectivity index is 1.38. The van der Waals surface area contributed by atoms with Gasteiger partial charge < -0.3 is 18.8 Å². The molecule has 29 heavy (non-hydrogen) atoms. The zero-order chi connectivity index (χ0) is 20.4. The summed E-state index contributed by atoms with van der Waals surface area (Å²) in [7, 11) is 3.27. The summed E-state index contributed by atoms with van der Waals surface area (Å²) in [4.78, 5) is 17.0. The molecular formula is C22H23ClN2O4. The lowest BCUT2D eigenvalue weighted by Crippen LogP contribution is -2.48. The Bertz CT molecular complexity index is 1020. The summed E-state index contributed by atoms with van der Waals surface area (Å²) in [5.74, 6) is 1.72. The summed E-state index contributed by atoms with van der Waals surface area (Å²) in [6.45, 7) is 3.71. The lowest BCUT2D eigenvalue weighted by molar-refractivity contribution is 0.0600.